The van der Waals surface area contributed by atoms with E-state index in [4.69, 9.17) is 0 Å². The van der Waals surface area contributed by atoms with E-state index in [1.165, 1.54) is 32.1 Å². The Labute approximate surface area is 89.7 Å². The van der Waals surface area contributed by atoms with Gasteiger partial charge in [0.2, 0.25) is 0 Å². The third-order valence-corrected chi connectivity index (χ3v) is 3.88. The maximum atomic E-state index is 3.75. The van der Waals surface area contributed by atoms with Crippen LogP contribution >= 0.6 is 0 Å². The monoisotopic (exact) mass is 197 g/mol. The fraction of sp³-hybridized carbons (Fsp3) is 1.00. The van der Waals surface area contributed by atoms with Crippen molar-refractivity contribution in [2.45, 2.75) is 71.9 Å². The van der Waals surface area contributed by atoms with Crippen molar-refractivity contribution >= 4 is 0 Å². The van der Waals surface area contributed by atoms with Crippen molar-refractivity contribution in [2.24, 2.45) is 11.8 Å². The predicted octanol–water partition coefficient (Wildman–Crippen LogP) is 3.59. The summed E-state index contributed by atoms with van der Waals surface area (Å²) in [6, 6.07) is 1.37. The second-order valence-corrected chi connectivity index (χ2v) is 5.39. The first-order valence-electron chi connectivity index (χ1n) is 6.37. The van der Waals surface area contributed by atoms with Gasteiger partial charge in [0.15, 0.2) is 0 Å². The zero-order valence-electron chi connectivity index (χ0n) is 10.3. The minimum Gasteiger partial charge on any atom is -0.311 e. The van der Waals surface area contributed by atoms with Gasteiger partial charge in [0.1, 0.15) is 0 Å². The van der Waals surface area contributed by atoms with Crippen molar-refractivity contribution in [2.75, 3.05) is 0 Å². The van der Waals surface area contributed by atoms with Crippen LogP contribution in [0.4, 0.5) is 0 Å². The average Bonchev–Trinajstić information content (AvgIpc) is 2.19. The average molecular weight is 197 g/mol. The van der Waals surface area contributed by atoms with Crippen molar-refractivity contribution < 1.29 is 0 Å². The predicted molar refractivity (Wildman–Crippen MR) is 63.5 cm³/mol. The van der Waals surface area contributed by atoms with Crippen LogP contribution in [0.25, 0.3) is 0 Å². The summed E-state index contributed by atoms with van der Waals surface area (Å²) in [5, 5.41) is 3.75. The standard InChI is InChI=1S/C13H27N/c1-10(2)11(3)14-12(4)13-8-6-5-7-9-13/h10-14H,5-9H2,1-4H3/t11-,12+/m0/s1. The first-order chi connectivity index (χ1) is 6.61. The Bertz CT molecular complexity index is 147. The normalized spacial score (nSPS) is 23.8. The second kappa shape index (κ2) is 5.75. The molecule has 0 aromatic heterocycles. The SMILES string of the molecule is CC(C)[C@H](C)N[C@H](C)C1CCCCC1. The van der Waals surface area contributed by atoms with Gasteiger partial charge in [-0.1, -0.05) is 33.1 Å². The maximum absolute atomic E-state index is 3.75. The highest BCUT2D eigenvalue weighted by atomic mass is 14.9. The molecular weight excluding hydrogens is 170 g/mol. The zero-order valence-corrected chi connectivity index (χ0v) is 10.3. The summed E-state index contributed by atoms with van der Waals surface area (Å²) in [4.78, 5) is 0. The van der Waals surface area contributed by atoms with E-state index in [9.17, 15) is 0 Å². The van der Waals surface area contributed by atoms with Crippen LogP contribution in [0.3, 0.4) is 0 Å². The van der Waals surface area contributed by atoms with Gasteiger partial charge in [-0.05, 0) is 38.5 Å². The van der Waals surface area contributed by atoms with Gasteiger partial charge in [-0.25, -0.2) is 0 Å². The molecule has 0 spiro atoms. The van der Waals surface area contributed by atoms with Gasteiger partial charge in [-0.2, -0.15) is 0 Å². The summed E-state index contributed by atoms with van der Waals surface area (Å²) >= 11 is 0. The smallest absolute Gasteiger partial charge is 0.00695 e. The summed E-state index contributed by atoms with van der Waals surface area (Å²) in [5.41, 5.74) is 0. The first kappa shape index (κ1) is 12.0. The molecule has 1 N–H and O–H groups in total. The molecule has 0 bridgehead atoms. The molecule has 0 aliphatic heterocycles. The van der Waals surface area contributed by atoms with Gasteiger partial charge in [-0.3, -0.25) is 0 Å². The maximum Gasteiger partial charge on any atom is 0.00695 e. The van der Waals surface area contributed by atoms with Crippen LogP contribution in [0.5, 0.6) is 0 Å². The zero-order chi connectivity index (χ0) is 10.6. The van der Waals surface area contributed by atoms with Gasteiger partial charge >= 0.3 is 0 Å². The highest BCUT2D eigenvalue weighted by molar-refractivity contribution is 4.78. The van der Waals surface area contributed by atoms with Crippen molar-refractivity contribution in [3.8, 4) is 0 Å². The van der Waals surface area contributed by atoms with Crippen LogP contribution in [0.2, 0.25) is 0 Å². The minimum atomic E-state index is 0.659. The number of rotatable bonds is 4. The van der Waals surface area contributed by atoms with E-state index in [1.54, 1.807) is 0 Å². The quantitative estimate of drug-likeness (QED) is 0.726. The van der Waals surface area contributed by atoms with Crippen molar-refractivity contribution in [3.63, 3.8) is 0 Å². The molecule has 0 saturated heterocycles. The summed E-state index contributed by atoms with van der Waals surface area (Å²) in [7, 11) is 0. The Kier molecular flexibility index (Phi) is 4.94. The molecule has 1 rings (SSSR count). The molecule has 1 saturated carbocycles. The molecule has 0 aromatic rings. The van der Waals surface area contributed by atoms with Crippen LogP contribution in [0, 0.1) is 11.8 Å². The highest BCUT2D eigenvalue weighted by Crippen LogP contribution is 2.26. The van der Waals surface area contributed by atoms with Gasteiger partial charge in [-0.15, -0.1) is 0 Å². The van der Waals surface area contributed by atoms with E-state index in [0.29, 0.717) is 12.1 Å². The fourth-order valence-electron chi connectivity index (χ4n) is 2.38. The van der Waals surface area contributed by atoms with Crippen LogP contribution in [-0.4, -0.2) is 12.1 Å². The lowest BCUT2D eigenvalue weighted by molar-refractivity contribution is 0.252. The lowest BCUT2D eigenvalue weighted by Gasteiger charge is -2.31. The van der Waals surface area contributed by atoms with Gasteiger partial charge in [0.05, 0.1) is 0 Å². The Morgan fingerprint density at radius 1 is 0.929 bits per heavy atom. The Morgan fingerprint density at radius 2 is 1.50 bits per heavy atom. The third kappa shape index (κ3) is 3.61. The fourth-order valence-corrected chi connectivity index (χ4v) is 2.38. The summed E-state index contributed by atoms with van der Waals surface area (Å²) in [5.74, 6) is 1.69. The van der Waals surface area contributed by atoms with Crippen molar-refractivity contribution in [3.05, 3.63) is 0 Å². The van der Waals surface area contributed by atoms with Crippen molar-refractivity contribution in [1.82, 2.24) is 5.32 Å². The van der Waals surface area contributed by atoms with Crippen LogP contribution in [0.15, 0.2) is 0 Å². The largest absolute Gasteiger partial charge is 0.311 e. The topological polar surface area (TPSA) is 12.0 Å². The Morgan fingerprint density at radius 3 is 2.00 bits per heavy atom. The van der Waals surface area contributed by atoms with Crippen LogP contribution < -0.4 is 5.32 Å². The van der Waals surface area contributed by atoms with E-state index in [2.05, 4.69) is 33.0 Å². The van der Waals surface area contributed by atoms with E-state index < -0.39 is 0 Å². The van der Waals surface area contributed by atoms with E-state index in [0.717, 1.165) is 11.8 Å². The molecule has 1 aliphatic rings. The highest BCUT2D eigenvalue weighted by Gasteiger charge is 2.21. The Hall–Kier alpha value is -0.0400. The molecule has 1 heteroatoms. The van der Waals surface area contributed by atoms with Crippen molar-refractivity contribution in [1.29, 1.82) is 0 Å². The molecule has 1 aliphatic carbocycles. The lowest BCUT2D eigenvalue weighted by atomic mass is 9.84. The van der Waals surface area contributed by atoms with Gasteiger partial charge < -0.3 is 5.32 Å². The first-order valence-corrected chi connectivity index (χ1v) is 6.37. The third-order valence-electron chi connectivity index (χ3n) is 3.88. The Balaban J connectivity index is 2.28. The van der Waals surface area contributed by atoms with Crippen LogP contribution in [0.1, 0.15) is 59.8 Å². The summed E-state index contributed by atoms with van der Waals surface area (Å²) < 4.78 is 0. The number of hydrogen-bond acceptors (Lipinski definition) is 1. The molecule has 0 unspecified atom stereocenters. The molecule has 1 nitrogen and oxygen atoms in total. The molecular formula is C13H27N. The van der Waals surface area contributed by atoms with Gasteiger partial charge in [0, 0.05) is 12.1 Å². The molecule has 14 heavy (non-hydrogen) atoms. The van der Waals surface area contributed by atoms with Gasteiger partial charge in [0.25, 0.3) is 0 Å². The van der Waals surface area contributed by atoms with Crippen LogP contribution in [-0.2, 0) is 0 Å². The molecule has 2 atom stereocenters. The number of nitrogens with one attached hydrogen (secondary N) is 1. The molecule has 0 radical (unpaired) electrons. The van der Waals surface area contributed by atoms with E-state index >= 15 is 0 Å². The van der Waals surface area contributed by atoms with E-state index in [1.807, 2.05) is 0 Å². The summed E-state index contributed by atoms with van der Waals surface area (Å²) in [6.07, 6.45) is 7.25. The molecule has 0 heterocycles. The number of hydrogen-bond donors (Lipinski definition) is 1. The minimum absolute atomic E-state index is 0.659. The van der Waals surface area contributed by atoms with E-state index in [-0.39, 0.29) is 0 Å². The molecule has 0 amide bonds. The summed E-state index contributed by atoms with van der Waals surface area (Å²) in [6.45, 7) is 9.27. The second-order valence-electron chi connectivity index (χ2n) is 5.39. The molecule has 0 aromatic carbocycles. The molecule has 1 fully saturated rings. The molecule has 84 valence electrons. The lowest BCUT2D eigenvalue weighted by Crippen LogP contribution is -2.42.